The van der Waals surface area contributed by atoms with Crippen LogP contribution < -0.4 is 10.6 Å². The molecule has 2 aromatic carbocycles. The molecule has 1 aliphatic rings. The lowest BCUT2D eigenvalue weighted by Gasteiger charge is -2.22. The number of benzene rings is 2. The predicted octanol–water partition coefficient (Wildman–Crippen LogP) is 2.35. The molecule has 0 bridgehead atoms. The summed E-state index contributed by atoms with van der Waals surface area (Å²) in [6.07, 6.45) is 1.09. The monoisotopic (exact) mass is 457 g/mol. The molecule has 0 spiro atoms. The first-order valence-corrected chi connectivity index (χ1v) is 12.0. The van der Waals surface area contributed by atoms with E-state index >= 15 is 0 Å². The molecule has 0 saturated carbocycles. The van der Waals surface area contributed by atoms with E-state index in [4.69, 9.17) is 0 Å². The number of urea groups is 1. The van der Waals surface area contributed by atoms with Gasteiger partial charge in [-0.05, 0) is 62.1 Å². The van der Waals surface area contributed by atoms with Crippen LogP contribution in [0.2, 0.25) is 0 Å². The number of sulfone groups is 1. The molecule has 1 aliphatic heterocycles. The first-order chi connectivity index (χ1) is 14.8. The SMILES string of the molecule is Cc1ccc(C(C)NC(=O)CN2C(=O)NC(C)(c3ccc(S(C)(=O)=O)cc3)C2=O)cc1C. The summed E-state index contributed by atoms with van der Waals surface area (Å²) in [5, 5.41) is 5.44. The Bertz CT molecular complexity index is 1190. The minimum absolute atomic E-state index is 0.109. The van der Waals surface area contributed by atoms with Crippen LogP contribution in [0, 0.1) is 13.8 Å². The van der Waals surface area contributed by atoms with Gasteiger partial charge in [-0.2, -0.15) is 0 Å². The van der Waals surface area contributed by atoms with Gasteiger partial charge in [0.1, 0.15) is 12.1 Å². The van der Waals surface area contributed by atoms with Gasteiger partial charge in [-0.1, -0.05) is 30.3 Å². The summed E-state index contributed by atoms with van der Waals surface area (Å²) in [6.45, 7) is 6.94. The molecule has 0 aromatic heterocycles. The van der Waals surface area contributed by atoms with Crippen molar-refractivity contribution in [1.29, 1.82) is 0 Å². The number of carbonyl (C=O) groups excluding carboxylic acids is 3. The predicted molar refractivity (Wildman–Crippen MR) is 120 cm³/mol. The first-order valence-electron chi connectivity index (χ1n) is 10.1. The second-order valence-electron chi connectivity index (χ2n) is 8.38. The van der Waals surface area contributed by atoms with Gasteiger partial charge in [0.2, 0.25) is 5.91 Å². The minimum Gasteiger partial charge on any atom is -0.348 e. The summed E-state index contributed by atoms with van der Waals surface area (Å²) in [4.78, 5) is 39.1. The highest BCUT2D eigenvalue weighted by Crippen LogP contribution is 2.29. The number of imide groups is 1. The maximum absolute atomic E-state index is 13.0. The summed E-state index contributed by atoms with van der Waals surface area (Å²) in [7, 11) is -3.39. The second kappa shape index (κ2) is 8.38. The third kappa shape index (κ3) is 4.52. The van der Waals surface area contributed by atoms with E-state index in [0.717, 1.165) is 27.8 Å². The quantitative estimate of drug-likeness (QED) is 0.647. The molecular formula is C23H27N3O5S. The average molecular weight is 458 g/mol. The fourth-order valence-electron chi connectivity index (χ4n) is 3.62. The van der Waals surface area contributed by atoms with Gasteiger partial charge in [0.05, 0.1) is 10.9 Å². The lowest BCUT2D eigenvalue weighted by molar-refractivity contribution is -0.135. The Morgan fingerprint density at radius 2 is 1.72 bits per heavy atom. The molecule has 3 rings (SSSR count). The number of aryl methyl sites for hydroxylation is 2. The zero-order valence-corrected chi connectivity index (χ0v) is 19.5. The lowest BCUT2D eigenvalue weighted by atomic mass is 9.92. The zero-order valence-electron chi connectivity index (χ0n) is 18.7. The zero-order chi connectivity index (χ0) is 23.8. The molecule has 170 valence electrons. The van der Waals surface area contributed by atoms with Crippen molar-refractivity contribution in [2.24, 2.45) is 0 Å². The topological polar surface area (TPSA) is 113 Å². The van der Waals surface area contributed by atoms with Crippen LogP contribution >= 0.6 is 0 Å². The smallest absolute Gasteiger partial charge is 0.325 e. The summed E-state index contributed by atoms with van der Waals surface area (Å²) in [5.74, 6) is -1.04. The van der Waals surface area contributed by atoms with E-state index in [0.29, 0.717) is 5.56 Å². The summed E-state index contributed by atoms with van der Waals surface area (Å²) >= 11 is 0. The Morgan fingerprint density at radius 3 is 2.28 bits per heavy atom. The van der Waals surface area contributed by atoms with E-state index in [9.17, 15) is 22.8 Å². The molecule has 2 aromatic rings. The Labute approximate surface area is 187 Å². The molecule has 1 heterocycles. The fourth-order valence-corrected chi connectivity index (χ4v) is 4.25. The number of hydrogen-bond acceptors (Lipinski definition) is 5. The number of nitrogens with one attached hydrogen (secondary N) is 2. The molecule has 2 unspecified atom stereocenters. The number of rotatable bonds is 6. The molecule has 2 N–H and O–H groups in total. The van der Waals surface area contributed by atoms with E-state index in [-0.39, 0.29) is 10.9 Å². The highest BCUT2D eigenvalue weighted by molar-refractivity contribution is 7.90. The minimum atomic E-state index is -3.39. The summed E-state index contributed by atoms with van der Waals surface area (Å²) in [5.41, 5.74) is 2.21. The molecule has 8 nitrogen and oxygen atoms in total. The number of nitrogens with zero attached hydrogens (tertiary/aromatic N) is 1. The second-order valence-corrected chi connectivity index (χ2v) is 10.4. The third-order valence-corrected chi connectivity index (χ3v) is 6.97. The van der Waals surface area contributed by atoms with Crippen molar-refractivity contribution in [2.45, 2.75) is 44.2 Å². The Morgan fingerprint density at radius 1 is 1.09 bits per heavy atom. The lowest BCUT2D eigenvalue weighted by Crippen LogP contribution is -2.43. The molecule has 0 radical (unpaired) electrons. The molecule has 4 amide bonds. The normalized spacial score (nSPS) is 19.6. The van der Waals surface area contributed by atoms with Crippen LogP contribution in [0.5, 0.6) is 0 Å². The van der Waals surface area contributed by atoms with Crippen molar-refractivity contribution in [1.82, 2.24) is 15.5 Å². The fraction of sp³-hybridized carbons (Fsp3) is 0.348. The average Bonchev–Trinajstić information content (AvgIpc) is 2.93. The molecule has 1 fully saturated rings. The standard InChI is InChI=1S/C23H27N3O5S/c1-14-6-7-17(12-15(14)2)16(3)24-20(27)13-26-21(28)23(4,25-22(26)29)18-8-10-19(11-9-18)32(5,30)31/h6-12,16H,13H2,1-5H3,(H,24,27)(H,25,29). The Kier molecular flexibility index (Phi) is 6.15. The van der Waals surface area contributed by atoms with Gasteiger partial charge >= 0.3 is 6.03 Å². The molecule has 9 heteroatoms. The van der Waals surface area contributed by atoms with E-state index in [2.05, 4.69) is 10.6 Å². The summed E-state index contributed by atoms with van der Waals surface area (Å²) in [6, 6.07) is 10.7. The van der Waals surface area contributed by atoms with E-state index < -0.39 is 39.8 Å². The van der Waals surface area contributed by atoms with Crippen LogP contribution in [0.25, 0.3) is 0 Å². The first kappa shape index (κ1) is 23.5. The number of hydrogen-bond donors (Lipinski definition) is 2. The van der Waals surface area contributed by atoms with Crippen molar-refractivity contribution in [3.63, 3.8) is 0 Å². The van der Waals surface area contributed by atoms with E-state index in [1.54, 1.807) is 0 Å². The van der Waals surface area contributed by atoms with E-state index in [1.165, 1.54) is 31.2 Å². The third-order valence-electron chi connectivity index (χ3n) is 5.84. The molecule has 2 atom stereocenters. The number of carbonyl (C=O) groups is 3. The van der Waals surface area contributed by atoms with Crippen LogP contribution in [0.1, 0.15) is 42.1 Å². The van der Waals surface area contributed by atoms with Crippen molar-refractivity contribution in [3.8, 4) is 0 Å². The summed E-state index contributed by atoms with van der Waals surface area (Å²) < 4.78 is 23.3. The van der Waals surface area contributed by atoms with Crippen molar-refractivity contribution in [2.75, 3.05) is 12.8 Å². The maximum Gasteiger partial charge on any atom is 0.325 e. The Hall–Kier alpha value is -3.20. The van der Waals surface area contributed by atoms with Gasteiger partial charge in [0.15, 0.2) is 9.84 Å². The van der Waals surface area contributed by atoms with Crippen molar-refractivity contribution < 1.29 is 22.8 Å². The molecule has 0 aliphatic carbocycles. The van der Waals surface area contributed by atoms with Crippen LogP contribution in [0.3, 0.4) is 0 Å². The largest absolute Gasteiger partial charge is 0.348 e. The van der Waals surface area contributed by atoms with Crippen LogP contribution in [-0.2, 0) is 25.0 Å². The Balaban J connectivity index is 1.72. The molecule has 1 saturated heterocycles. The van der Waals surface area contributed by atoms with Crippen LogP contribution in [-0.4, -0.2) is 44.0 Å². The highest BCUT2D eigenvalue weighted by Gasteiger charge is 2.49. The van der Waals surface area contributed by atoms with Crippen molar-refractivity contribution >= 4 is 27.7 Å². The number of amides is 4. The maximum atomic E-state index is 13.0. The van der Waals surface area contributed by atoms with Crippen LogP contribution in [0.4, 0.5) is 4.79 Å². The van der Waals surface area contributed by atoms with Crippen LogP contribution in [0.15, 0.2) is 47.4 Å². The molecular weight excluding hydrogens is 430 g/mol. The van der Waals surface area contributed by atoms with Gasteiger partial charge in [0, 0.05) is 6.26 Å². The molecule has 32 heavy (non-hydrogen) atoms. The van der Waals surface area contributed by atoms with Gasteiger partial charge in [-0.3, -0.25) is 14.5 Å². The van der Waals surface area contributed by atoms with Crippen molar-refractivity contribution in [3.05, 3.63) is 64.7 Å². The van der Waals surface area contributed by atoms with Gasteiger partial charge in [-0.25, -0.2) is 13.2 Å². The highest BCUT2D eigenvalue weighted by atomic mass is 32.2. The van der Waals surface area contributed by atoms with Gasteiger partial charge in [-0.15, -0.1) is 0 Å². The van der Waals surface area contributed by atoms with Gasteiger partial charge < -0.3 is 10.6 Å². The van der Waals surface area contributed by atoms with E-state index in [1.807, 2.05) is 39.0 Å². The van der Waals surface area contributed by atoms with Gasteiger partial charge in [0.25, 0.3) is 5.91 Å².